The van der Waals surface area contributed by atoms with E-state index in [-0.39, 0.29) is 42.2 Å². The molecule has 0 saturated carbocycles. The summed E-state index contributed by atoms with van der Waals surface area (Å²) in [4.78, 5) is 53.6. The van der Waals surface area contributed by atoms with Gasteiger partial charge in [0.1, 0.15) is 17.1 Å². The molecule has 3 heterocycles. The highest BCUT2D eigenvalue weighted by atomic mass is 35.5. The van der Waals surface area contributed by atoms with Gasteiger partial charge in [0.15, 0.2) is 0 Å². The Bertz CT molecular complexity index is 2430. The number of hydrogen-bond donors (Lipinski definition) is 3. The van der Waals surface area contributed by atoms with Gasteiger partial charge in [-0.15, -0.1) is 11.6 Å². The van der Waals surface area contributed by atoms with Crippen LogP contribution in [-0.4, -0.2) is 57.5 Å². The number of aromatic hydroxyl groups is 1. The van der Waals surface area contributed by atoms with E-state index in [2.05, 4.69) is 10.6 Å². The molecule has 12 heteroatoms. The number of alkyl halides is 1. The number of anilines is 3. The molecule has 0 spiro atoms. The topological polar surface area (TPSA) is 135 Å². The first-order valence-corrected chi connectivity index (χ1v) is 17.9. The maximum atomic E-state index is 13.7. The minimum absolute atomic E-state index is 0.0624. The molecule has 3 amide bonds. The Hall–Kier alpha value is -6.33. The molecule has 2 aromatic heterocycles. The molecule has 1 aliphatic rings. The maximum absolute atomic E-state index is 13.7. The van der Waals surface area contributed by atoms with Gasteiger partial charge in [-0.25, -0.2) is 4.79 Å². The number of esters is 1. The number of rotatable bonds is 10. The van der Waals surface area contributed by atoms with Crippen LogP contribution in [0.1, 0.15) is 43.6 Å². The molecule has 54 heavy (non-hydrogen) atoms. The summed E-state index contributed by atoms with van der Waals surface area (Å²) in [6, 6.07) is 27.2. The molecule has 11 nitrogen and oxygen atoms in total. The lowest BCUT2D eigenvalue weighted by Gasteiger charge is -2.19. The number of methoxy groups -OCH3 is 1. The number of fused-ring (bicyclic) bond motifs is 3. The lowest BCUT2D eigenvalue weighted by molar-refractivity contribution is -0.118. The molecule has 0 aliphatic carbocycles. The van der Waals surface area contributed by atoms with Gasteiger partial charge in [-0.05, 0) is 51.9 Å². The number of phenols is 1. The molecule has 3 N–H and O–H groups in total. The summed E-state index contributed by atoms with van der Waals surface area (Å²) in [5, 5.41) is 18.1. The van der Waals surface area contributed by atoms with E-state index in [0.29, 0.717) is 40.9 Å². The largest absolute Gasteiger partial charge is 0.507 e. The second-order valence-corrected chi connectivity index (χ2v) is 13.7. The maximum Gasteiger partial charge on any atom is 0.354 e. The second-order valence-electron chi connectivity index (χ2n) is 13.4. The predicted molar refractivity (Wildman–Crippen MR) is 209 cm³/mol. The number of benzene rings is 4. The van der Waals surface area contributed by atoms with Crippen molar-refractivity contribution in [2.45, 2.75) is 18.8 Å². The fourth-order valence-electron chi connectivity index (χ4n) is 7.13. The van der Waals surface area contributed by atoms with Crippen LogP contribution in [0, 0.1) is 0 Å². The van der Waals surface area contributed by atoms with Crippen LogP contribution >= 0.6 is 11.6 Å². The molecule has 274 valence electrons. The van der Waals surface area contributed by atoms with E-state index in [9.17, 15) is 24.3 Å². The van der Waals surface area contributed by atoms with E-state index >= 15 is 0 Å². The van der Waals surface area contributed by atoms with Crippen LogP contribution in [0.2, 0.25) is 0 Å². The number of nitrogens with one attached hydrogen (secondary N) is 2. The first-order chi connectivity index (χ1) is 26.0. The van der Waals surface area contributed by atoms with Gasteiger partial charge >= 0.3 is 5.97 Å². The summed E-state index contributed by atoms with van der Waals surface area (Å²) in [6.07, 6.45) is 3.68. The molecule has 0 fully saturated rings. The van der Waals surface area contributed by atoms with Crippen molar-refractivity contribution in [2.75, 3.05) is 35.1 Å². The number of aryl methyl sites for hydroxylation is 2. The zero-order valence-electron chi connectivity index (χ0n) is 29.9. The van der Waals surface area contributed by atoms with Gasteiger partial charge in [0.2, 0.25) is 11.8 Å². The summed E-state index contributed by atoms with van der Waals surface area (Å²) >= 11 is 6.36. The smallest absolute Gasteiger partial charge is 0.354 e. The average Bonchev–Trinajstić information content (AvgIpc) is 3.85. The Morgan fingerprint density at radius 3 is 2.20 bits per heavy atom. The highest BCUT2D eigenvalue weighted by Crippen LogP contribution is 2.45. The molecule has 0 unspecified atom stereocenters. The van der Waals surface area contributed by atoms with E-state index in [1.807, 2.05) is 66.9 Å². The summed E-state index contributed by atoms with van der Waals surface area (Å²) < 4.78 is 8.17. The molecular formula is C42H38ClN5O6. The predicted octanol–water partition coefficient (Wildman–Crippen LogP) is 7.02. The van der Waals surface area contributed by atoms with Gasteiger partial charge in [0.25, 0.3) is 5.91 Å². The van der Waals surface area contributed by atoms with E-state index in [1.54, 1.807) is 64.7 Å². The third kappa shape index (κ3) is 7.18. The lowest BCUT2D eigenvalue weighted by Crippen LogP contribution is -2.31. The highest BCUT2D eigenvalue weighted by Gasteiger charge is 2.34. The zero-order valence-corrected chi connectivity index (χ0v) is 30.7. The van der Waals surface area contributed by atoms with Crippen molar-refractivity contribution >= 4 is 63.1 Å². The van der Waals surface area contributed by atoms with E-state index in [0.717, 1.165) is 38.6 Å². The van der Waals surface area contributed by atoms with Crippen molar-refractivity contribution in [1.82, 2.24) is 9.13 Å². The molecule has 0 radical (unpaired) electrons. The van der Waals surface area contributed by atoms with Gasteiger partial charge in [-0.2, -0.15) is 0 Å². The van der Waals surface area contributed by atoms with Crippen molar-refractivity contribution in [3.8, 4) is 16.9 Å². The van der Waals surface area contributed by atoms with Crippen LogP contribution in [0.15, 0.2) is 103 Å². The lowest BCUT2D eigenvalue weighted by atomic mass is 9.95. The number of amides is 3. The first-order valence-electron chi connectivity index (χ1n) is 17.3. The summed E-state index contributed by atoms with van der Waals surface area (Å²) in [5.41, 5.74) is 6.66. The van der Waals surface area contributed by atoms with Crippen molar-refractivity contribution in [3.63, 3.8) is 0 Å². The molecular weight excluding hydrogens is 706 g/mol. The summed E-state index contributed by atoms with van der Waals surface area (Å²) in [5.74, 6) is -0.781. The number of hydrogen-bond acceptors (Lipinski definition) is 6. The first kappa shape index (κ1) is 36.0. The van der Waals surface area contributed by atoms with Crippen molar-refractivity contribution in [1.29, 1.82) is 0 Å². The number of nitrogens with zero attached hydrogens (tertiary/aromatic N) is 3. The highest BCUT2D eigenvalue weighted by molar-refractivity contribution is 6.19. The fraction of sp³-hybridized carbons (Fsp3) is 0.190. The second kappa shape index (κ2) is 15.0. The number of carbonyl (C=O) groups is 4. The van der Waals surface area contributed by atoms with Crippen LogP contribution < -0.4 is 15.5 Å². The minimum Gasteiger partial charge on any atom is -0.507 e. The standard InChI is InChI=1S/C42H38ClN5O6/c1-46-22-28(18-36(46)42(53)54-3)27-11-13-30(14-12-27)45-41(52)35-19-31(24-47(35)2)44-38(50)16-25-7-6-8-26(15-25)17-39(51)48-23-29(21-43)40-33-10-5-4-9-32(33)37(49)20-34(40)48/h4-15,18-20,22,24,29,49H,16-17,21,23H2,1-3H3,(H,44,50)(H,45,52)/t29-/m1/s1. The number of phenolic OH excluding ortho intramolecular Hbond substituents is 1. The van der Waals surface area contributed by atoms with Gasteiger partial charge in [0.05, 0.1) is 31.3 Å². The Balaban J connectivity index is 0.968. The molecule has 1 atom stereocenters. The summed E-state index contributed by atoms with van der Waals surface area (Å²) in [7, 11) is 4.83. The molecule has 0 saturated heterocycles. The molecule has 0 bridgehead atoms. The monoisotopic (exact) mass is 743 g/mol. The quantitative estimate of drug-likeness (QED) is 0.102. The number of carbonyl (C=O) groups excluding carboxylic acids is 4. The van der Waals surface area contributed by atoms with Gasteiger partial charge in [0, 0.05) is 67.5 Å². The average molecular weight is 744 g/mol. The van der Waals surface area contributed by atoms with Crippen LogP contribution in [0.3, 0.4) is 0 Å². The van der Waals surface area contributed by atoms with Crippen LogP contribution in [0.4, 0.5) is 17.1 Å². The van der Waals surface area contributed by atoms with Crippen LogP contribution in [0.25, 0.3) is 21.9 Å². The van der Waals surface area contributed by atoms with Crippen LogP contribution in [0.5, 0.6) is 5.75 Å². The van der Waals surface area contributed by atoms with Crippen molar-refractivity contribution in [2.24, 2.45) is 14.1 Å². The van der Waals surface area contributed by atoms with Crippen molar-refractivity contribution in [3.05, 3.63) is 131 Å². The summed E-state index contributed by atoms with van der Waals surface area (Å²) in [6.45, 7) is 0.422. The number of aromatic nitrogens is 2. The van der Waals surface area contributed by atoms with E-state index in [1.165, 1.54) is 7.11 Å². The Morgan fingerprint density at radius 2 is 1.48 bits per heavy atom. The zero-order chi connectivity index (χ0) is 38.1. The van der Waals surface area contributed by atoms with E-state index in [4.69, 9.17) is 16.3 Å². The van der Waals surface area contributed by atoms with Gasteiger partial charge in [-0.1, -0.05) is 60.7 Å². The number of halogens is 1. The Morgan fingerprint density at radius 1 is 0.778 bits per heavy atom. The van der Waals surface area contributed by atoms with Gasteiger partial charge < -0.3 is 34.5 Å². The van der Waals surface area contributed by atoms with Crippen molar-refractivity contribution < 1.29 is 29.0 Å². The minimum atomic E-state index is -0.424. The normalized spacial score (nSPS) is 13.5. The molecule has 4 aromatic carbocycles. The third-order valence-electron chi connectivity index (χ3n) is 9.74. The Kier molecular flexibility index (Phi) is 9.98. The molecule has 1 aliphatic heterocycles. The fourth-order valence-corrected chi connectivity index (χ4v) is 7.38. The molecule has 7 rings (SSSR count). The van der Waals surface area contributed by atoms with Gasteiger partial charge in [-0.3, -0.25) is 14.4 Å². The van der Waals surface area contributed by atoms with E-state index < -0.39 is 5.97 Å². The number of ether oxygens (including phenoxy) is 1. The van der Waals surface area contributed by atoms with Crippen LogP contribution in [-0.2, 0) is 41.3 Å². The Labute approximate surface area is 316 Å². The third-order valence-corrected chi connectivity index (χ3v) is 10.1. The SMILES string of the molecule is COC(=O)c1cc(-c2ccc(NC(=O)c3cc(NC(=O)Cc4cccc(CC(=O)N5C[C@@H](CCl)c6c5cc(O)c5ccccc65)c4)cn3C)cc2)cn1C. The molecule has 6 aromatic rings.